The van der Waals surface area contributed by atoms with Gasteiger partial charge in [-0.2, -0.15) is 0 Å². The maximum absolute atomic E-state index is 5.47. The highest BCUT2D eigenvalue weighted by molar-refractivity contribution is 5.53. The summed E-state index contributed by atoms with van der Waals surface area (Å²) in [7, 11) is 1.71. The number of hydrogen-bond acceptors (Lipinski definition) is 3. The molecule has 0 amide bonds. The second-order valence-corrected chi connectivity index (χ2v) is 4.92. The van der Waals surface area contributed by atoms with Crippen LogP contribution in [0.15, 0.2) is 12.1 Å². The lowest BCUT2D eigenvalue weighted by atomic mass is 10.0. The van der Waals surface area contributed by atoms with E-state index in [-0.39, 0.29) is 0 Å². The van der Waals surface area contributed by atoms with Crippen molar-refractivity contribution >= 4 is 0 Å². The van der Waals surface area contributed by atoms with Gasteiger partial charge in [0.1, 0.15) is 5.75 Å². The number of piperazine rings is 1. The van der Waals surface area contributed by atoms with Crippen molar-refractivity contribution in [3.63, 3.8) is 0 Å². The molecular weight excluding hydrogens is 236 g/mol. The minimum atomic E-state index is 0.831. The van der Waals surface area contributed by atoms with Gasteiger partial charge >= 0.3 is 0 Å². The Bertz CT molecular complexity index is 493. The molecule has 2 rings (SSSR count). The molecule has 3 nitrogen and oxygen atoms in total. The van der Waals surface area contributed by atoms with E-state index < -0.39 is 0 Å². The summed E-state index contributed by atoms with van der Waals surface area (Å²) in [4.78, 5) is 2.37. The van der Waals surface area contributed by atoms with Crippen molar-refractivity contribution in [2.45, 2.75) is 13.8 Å². The van der Waals surface area contributed by atoms with Crippen LogP contribution >= 0.6 is 0 Å². The molecule has 0 bridgehead atoms. The summed E-state index contributed by atoms with van der Waals surface area (Å²) in [5, 5.41) is 3.34. The zero-order valence-electron chi connectivity index (χ0n) is 12.0. The normalized spacial score (nSPS) is 15.7. The van der Waals surface area contributed by atoms with E-state index in [0.717, 1.165) is 44.0 Å². The number of hydrogen-bond donors (Lipinski definition) is 1. The topological polar surface area (TPSA) is 24.5 Å². The van der Waals surface area contributed by atoms with Gasteiger partial charge in [-0.3, -0.25) is 4.90 Å². The predicted molar refractivity (Wildman–Crippen MR) is 78.7 cm³/mol. The SMILES string of the molecule is COc1c(C#CCN2CCNCC2)ccc(C)c1C. The Labute approximate surface area is 115 Å². The summed E-state index contributed by atoms with van der Waals surface area (Å²) >= 11 is 0. The van der Waals surface area contributed by atoms with Crippen LogP contribution in [0.25, 0.3) is 0 Å². The molecule has 1 aliphatic heterocycles. The molecule has 1 aromatic carbocycles. The smallest absolute Gasteiger partial charge is 0.137 e. The van der Waals surface area contributed by atoms with Crippen LogP contribution in [-0.2, 0) is 0 Å². The Morgan fingerprint density at radius 1 is 1.26 bits per heavy atom. The van der Waals surface area contributed by atoms with Crippen LogP contribution in [-0.4, -0.2) is 44.7 Å². The largest absolute Gasteiger partial charge is 0.495 e. The average molecular weight is 258 g/mol. The molecular formula is C16H22N2O. The highest BCUT2D eigenvalue weighted by Crippen LogP contribution is 2.25. The second kappa shape index (κ2) is 6.60. The number of nitrogens with zero attached hydrogens (tertiary/aromatic N) is 1. The summed E-state index contributed by atoms with van der Waals surface area (Å²) in [6.45, 7) is 9.30. The molecule has 102 valence electrons. The van der Waals surface area contributed by atoms with Gasteiger partial charge in [0.2, 0.25) is 0 Å². The third-order valence-corrected chi connectivity index (χ3v) is 3.62. The van der Waals surface area contributed by atoms with E-state index in [1.165, 1.54) is 11.1 Å². The molecule has 0 aliphatic carbocycles. The highest BCUT2D eigenvalue weighted by Gasteiger charge is 2.08. The molecule has 19 heavy (non-hydrogen) atoms. The van der Waals surface area contributed by atoms with Crippen molar-refractivity contribution in [1.82, 2.24) is 10.2 Å². The summed E-state index contributed by atoms with van der Waals surface area (Å²) in [5.41, 5.74) is 3.40. The molecule has 1 heterocycles. The van der Waals surface area contributed by atoms with Crippen LogP contribution in [0.3, 0.4) is 0 Å². The van der Waals surface area contributed by atoms with Crippen molar-refractivity contribution in [2.24, 2.45) is 0 Å². The fraction of sp³-hybridized carbons (Fsp3) is 0.500. The Morgan fingerprint density at radius 2 is 2.00 bits per heavy atom. The van der Waals surface area contributed by atoms with Crippen molar-refractivity contribution < 1.29 is 4.74 Å². The van der Waals surface area contributed by atoms with E-state index in [4.69, 9.17) is 4.74 Å². The number of nitrogens with one attached hydrogen (secondary N) is 1. The number of methoxy groups -OCH3 is 1. The molecule has 0 radical (unpaired) electrons. The van der Waals surface area contributed by atoms with Crippen LogP contribution in [0.2, 0.25) is 0 Å². The molecule has 1 fully saturated rings. The van der Waals surface area contributed by atoms with Crippen LogP contribution in [0.4, 0.5) is 0 Å². The lowest BCUT2D eigenvalue weighted by Gasteiger charge is -2.24. The Morgan fingerprint density at radius 3 is 2.68 bits per heavy atom. The standard InChI is InChI=1S/C16H22N2O/c1-13-6-7-15(16(19-3)14(13)2)5-4-10-18-11-8-17-9-12-18/h6-7,17H,8-12H2,1-3H3. The van der Waals surface area contributed by atoms with E-state index in [1.54, 1.807) is 7.11 Å². The second-order valence-electron chi connectivity index (χ2n) is 4.92. The van der Waals surface area contributed by atoms with Crippen LogP contribution < -0.4 is 10.1 Å². The highest BCUT2D eigenvalue weighted by atomic mass is 16.5. The molecule has 1 N–H and O–H groups in total. The fourth-order valence-electron chi connectivity index (χ4n) is 2.27. The minimum absolute atomic E-state index is 0.831. The predicted octanol–water partition coefficient (Wildman–Crippen LogP) is 1.57. The van der Waals surface area contributed by atoms with Crippen molar-refractivity contribution in [3.05, 3.63) is 28.8 Å². The monoisotopic (exact) mass is 258 g/mol. The molecule has 1 saturated heterocycles. The van der Waals surface area contributed by atoms with E-state index in [2.05, 4.69) is 42.0 Å². The first-order valence-corrected chi connectivity index (χ1v) is 6.78. The average Bonchev–Trinajstić information content (AvgIpc) is 2.44. The number of ether oxygens (including phenoxy) is 1. The number of rotatable bonds is 2. The number of aryl methyl sites for hydroxylation is 1. The van der Waals surface area contributed by atoms with E-state index in [0.29, 0.717) is 0 Å². The molecule has 3 heteroatoms. The Balaban J connectivity index is 2.08. The van der Waals surface area contributed by atoms with Crippen LogP contribution in [0.5, 0.6) is 5.75 Å². The summed E-state index contributed by atoms with van der Waals surface area (Å²) < 4.78 is 5.47. The maximum Gasteiger partial charge on any atom is 0.137 e. The van der Waals surface area contributed by atoms with Gasteiger partial charge in [-0.25, -0.2) is 0 Å². The summed E-state index contributed by atoms with van der Waals surface area (Å²) in [6.07, 6.45) is 0. The van der Waals surface area contributed by atoms with Gasteiger partial charge in [-0.05, 0) is 31.0 Å². The van der Waals surface area contributed by atoms with E-state index in [1.807, 2.05) is 6.07 Å². The molecule has 0 unspecified atom stereocenters. The van der Waals surface area contributed by atoms with Crippen LogP contribution in [0.1, 0.15) is 16.7 Å². The first kappa shape index (κ1) is 13.9. The van der Waals surface area contributed by atoms with Gasteiger partial charge < -0.3 is 10.1 Å². The van der Waals surface area contributed by atoms with E-state index in [9.17, 15) is 0 Å². The maximum atomic E-state index is 5.47. The number of benzene rings is 1. The molecule has 0 spiro atoms. The summed E-state index contributed by atoms with van der Waals surface area (Å²) in [6, 6.07) is 4.15. The lowest BCUT2D eigenvalue weighted by molar-refractivity contribution is 0.268. The van der Waals surface area contributed by atoms with Gasteiger partial charge in [0.25, 0.3) is 0 Å². The van der Waals surface area contributed by atoms with Gasteiger partial charge in [0.05, 0.1) is 19.2 Å². The third-order valence-electron chi connectivity index (χ3n) is 3.62. The van der Waals surface area contributed by atoms with Crippen molar-refractivity contribution in [1.29, 1.82) is 0 Å². The molecule has 0 atom stereocenters. The Kier molecular flexibility index (Phi) is 4.84. The molecule has 0 saturated carbocycles. The first-order valence-electron chi connectivity index (χ1n) is 6.78. The van der Waals surface area contributed by atoms with Gasteiger partial charge in [-0.15, -0.1) is 0 Å². The fourth-order valence-corrected chi connectivity index (χ4v) is 2.27. The van der Waals surface area contributed by atoms with Gasteiger partial charge in [-0.1, -0.05) is 17.9 Å². The zero-order chi connectivity index (χ0) is 13.7. The van der Waals surface area contributed by atoms with Crippen LogP contribution in [0, 0.1) is 25.7 Å². The molecule has 1 aliphatic rings. The minimum Gasteiger partial charge on any atom is -0.495 e. The Hall–Kier alpha value is -1.50. The molecule has 0 aromatic heterocycles. The molecule has 1 aromatic rings. The van der Waals surface area contributed by atoms with Gasteiger partial charge in [0.15, 0.2) is 0 Å². The van der Waals surface area contributed by atoms with E-state index >= 15 is 0 Å². The quantitative estimate of drug-likeness (QED) is 0.815. The first-order chi connectivity index (χ1) is 9.22. The zero-order valence-corrected chi connectivity index (χ0v) is 12.0. The third kappa shape index (κ3) is 3.50. The lowest BCUT2D eigenvalue weighted by Crippen LogP contribution is -2.43. The van der Waals surface area contributed by atoms with Crippen molar-refractivity contribution in [3.8, 4) is 17.6 Å². The van der Waals surface area contributed by atoms with Gasteiger partial charge in [0, 0.05) is 26.2 Å². The van der Waals surface area contributed by atoms with Crippen molar-refractivity contribution in [2.75, 3.05) is 39.8 Å². The summed E-state index contributed by atoms with van der Waals surface area (Å²) in [5.74, 6) is 7.41.